The van der Waals surface area contributed by atoms with Gasteiger partial charge in [0.2, 0.25) is 0 Å². The predicted octanol–water partition coefficient (Wildman–Crippen LogP) is 4.60. The minimum atomic E-state index is -0.398. The van der Waals surface area contributed by atoms with E-state index in [4.69, 9.17) is 9.47 Å². The SMILES string of the molecule is CCOC(=O)c1c(NC(=O)COc2ccc(F)cc2)sc2c1CC[C@H](CC)C2. The van der Waals surface area contributed by atoms with Crippen LogP contribution < -0.4 is 10.1 Å². The lowest BCUT2D eigenvalue weighted by atomic mass is 9.85. The molecule has 1 N–H and O–H groups in total. The van der Waals surface area contributed by atoms with Gasteiger partial charge >= 0.3 is 5.97 Å². The second-order valence-corrected chi connectivity index (χ2v) is 7.84. The fraction of sp³-hybridized carbons (Fsp3) is 0.429. The molecule has 1 atom stereocenters. The van der Waals surface area contributed by atoms with Gasteiger partial charge in [-0.2, -0.15) is 0 Å². The molecule has 1 heterocycles. The predicted molar refractivity (Wildman–Crippen MR) is 107 cm³/mol. The number of hydrogen-bond donors (Lipinski definition) is 1. The molecule has 0 radical (unpaired) electrons. The molecule has 0 unspecified atom stereocenters. The van der Waals surface area contributed by atoms with Crippen molar-refractivity contribution < 1.29 is 23.5 Å². The molecule has 3 rings (SSSR count). The van der Waals surface area contributed by atoms with Crippen molar-refractivity contribution in [3.05, 3.63) is 46.1 Å². The van der Waals surface area contributed by atoms with Gasteiger partial charge in [-0.05, 0) is 61.9 Å². The van der Waals surface area contributed by atoms with E-state index in [0.717, 1.165) is 36.1 Å². The van der Waals surface area contributed by atoms with Gasteiger partial charge in [0.15, 0.2) is 6.61 Å². The van der Waals surface area contributed by atoms with Crippen molar-refractivity contribution in [1.29, 1.82) is 0 Å². The number of benzene rings is 1. The van der Waals surface area contributed by atoms with Crippen LogP contribution in [0.25, 0.3) is 0 Å². The van der Waals surface area contributed by atoms with E-state index in [1.165, 1.54) is 35.6 Å². The fourth-order valence-electron chi connectivity index (χ4n) is 3.35. The van der Waals surface area contributed by atoms with Crippen LogP contribution in [-0.4, -0.2) is 25.1 Å². The minimum absolute atomic E-state index is 0.228. The Hall–Kier alpha value is -2.41. The number of carbonyl (C=O) groups is 2. The number of hydrogen-bond acceptors (Lipinski definition) is 5. The molecular weight excluding hydrogens is 381 g/mol. The standard InChI is InChI=1S/C21H24FNO4S/c1-3-13-5-10-16-17(11-13)28-20(19(16)21(25)26-4-2)23-18(24)12-27-15-8-6-14(22)7-9-15/h6-9,13H,3-5,10-12H2,1-2H3,(H,23,24)/t13-/m0/s1. The molecule has 0 spiro atoms. The zero-order chi connectivity index (χ0) is 20.1. The van der Waals surface area contributed by atoms with E-state index in [-0.39, 0.29) is 24.9 Å². The number of ether oxygens (including phenoxy) is 2. The zero-order valence-corrected chi connectivity index (χ0v) is 16.9. The molecule has 1 aliphatic carbocycles. The Labute approximate surface area is 167 Å². The monoisotopic (exact) mass is 405 g/mol. The van der Waals surface area contributed by atoms with Crippen molar-refractivity contribution in [2.75, 3.05) is 18.5 Å². The molecule has 150 valence electrons. The topological polar surface area (TPSA) is 64.6 Å². The molecule has 7 heteroatoms. The third kappa shape index (κ3) is 4.70. The van der Waals surface area contributed by atoms with Crippen LogP contribution in [0.1, 0.15) is 47.5 Å². The number of anilines is 1. The highest BCUT2D eigenvalue weighted by Crippen LogP contribution is 2.40. The van der Waals surface area contributed by atoms with E-state index in [1.54, 1.807) is 6.92 Å². The minimum Gasteiger partial charge on any atom is -0.484 e. The zero-order valence-electron chi connectivity index (χ0n) is 16.0. The summed E-state index contributed by atoms with van der Waals surface area (Å²) >= 11 is 1.45. The third-order valence-electron chi connectivity index (χ3n) is 4.86. The van der Waals surface area contributed by atoms with E-state index < -0.39 is 5.97 Å². The van der Waals surface area contributed by atoms with Crippen LogP contribution in [0.2, 0.25) is 0 Å². The van der Waals surface area contributed by atoms with Gasteiger partial charge in [0.05, 0.1) is 12.2 Å². The van der Waals surface area contributed by atoms with E-state index in [1.807, 2.05) is 0 Å². The van der Waals surface area contributed by atoms with E-state index >= 15 is 0 Å². The van der Waals surface area contributed by atoms with Crippen molar-refractivity contribution in [2.24, 2.45) is 5.92 Å². The summed E-state index contributed by atoms with van der Waals surface area (Å²) in [6, 6.07) is 5.45. The maximum absolute atomic E-state index is 12.9. The Bertz CT molecular complexity index is 847. The molecule has 0 saturated carbocycles. The quantitative estimate of drug-likeness (QED) is 0.684. The molecule has 2 aromatic rings. The van der Waals surface area contributed by atoms with Crippen LogP contribution in [0.3, 0.4) is 0 Å². The summed E-state index contributed by atoms with van der Waals surface area (Å²) in [5.74, 6) is -0.138. The number of carbonyl (C=O) groups excluding carboxylic acids is 2. The second-order valence-electron chi connectivity index (χ2n) is 6.74. The summed E-state index contributed by atoms with van der Waals surface area (Å²) in [5.41, 5.74) is 1.48. The van der Waals surface area contributed by atoms with E-state index in [2.05, 4.69) is 12.2 Å². The molecule has 1 aromatic heterocycles. The number of nitrogens with one attached hydrogen (secondary N) is 1. The number of thiophene rings is 1. The van der Waals surface area contributed by atoms with Crippen LogP contribution in [0.4, 0.5) is 9.39 Å². The number of fused-ring (bicyclic) bond motifs is 1. The Morgan fingerprint density at radius 1 is 1.25 bits per heavy atom. The lowest BCUT2D eigenvalue weighted by Crippen LogP contribution is -2.21. The van der Waals surface area contributed by atoms with Crippen molar-refractivity contribution in [2.45, 2.75) is 39.5 Å². The van der Waals surface area contributed by atoms with Crippen molar-refractivity contribution in [3.8, 4) is 5.75 Å². The van der Waals surface area contributed by atoms with Crippen LogP contribution in [0.5, 0.6) is 5.75 Å². The molecule has 0 aliphatic heterocycles. The fourth-order valence-corrected chi connectivity index (χ4v) is 4.72. The first-order chi connectivity index (χ1) is 13.5. The summed E-state index contributed by atoms with van der Waals surface area (Å²) in [6.45, 7) is 3.99. The van der Waals surface area contributed by atoms with Gasteiger partial charge in [0.1, 0.15) is 16.6 Å². The number of amides is 1. The third-order valence-corrected chi connectivity index (χ3v) is 6.03. The normalized spacial score (nSPS) is 15.6. The molecule has 0 fully saturated rings. The molecule has 1 aromatic carbocycles. The van der Waals surface area contributed by atoms with Gasteiger partial charge in [-0.15, -0.1) is 11.3 Å². The first-order valence-electron chi connectivity index (χ1n) is 9.51. The highest BCUT2D eigenvalue weighted by Gasteiger charge is 2.29. The van der Waals surface area contributed by atoms with Gasteiger partial charge in [0.25, 0.3) is 5.91 Å². The lowest BCUT2D eigenvalue weighted by molar-refractivity contribution is -0.118. The van der Waals surface area contributed by atoms with Gasteiger partial charge in [0, 0.05) is 4.88 Å². The summed E-state index contributed by atoms with van der Waals surface area (Å²) < 4.78 is 23.6. The summed E-state index contributed by atoms with van der Waals surface area (Å²) in [7, 11) is 0. The Morgan fingerprint density at radius 2 is 2.00 bits per heavy atom. The van der Waals surface area contributed by atoms with Crippen molar-refractivity contribution >= 4 is 28.2 Å². The van der Waals surface area contributed by atoms with E-state index in [0.29, 0.717) is 22.2 Å². The maximum Gasteiger partial charge on any atom is 0.341 e. The summed E-state index contributed by atoms with van der Waals surface area (Å²) in [4.78, 5) is 26.0. The number of halogens is 1. The van der Waals surface area contributed by atoms with E-state index in [9.17, 15) is 14.0 Å². The Kier molecular flexibility index (Phi) is 6.67. The molecule has 0 saturated heterocycles. The molecule has 5 nitrogen and oxygen atoms in total. The number of esters is 1. The molecule has 28 heavy (non-hydrogen) atoms. The second kappa shape index (κ2) is 9.19. The first kappa shape index (κ1) is 20.3. The number of rotatable bonds is 7. The first-order valence-corrected chi connectivity index (χ1v) is 10.3. The Balaban J connectivity index is 1.74. The Morgan fingerprint density at radius 3 is 2.68 bits per heavy atom. The highest BCUT2D eigenvalue weighted by atomic mass is 32.1. The average Bonchev–Trinajstić information content (AvgIpc) is 3.04. The van der Waals surface area contributed by atoms with Crippen LogP contribution in [0, 0.1) is 11.7 Å². The van der Waals surface area contributed by atoms with Crippen LogP contribution in [-0.2, 0) is 22.4 Å². The van der Waals surface area contributed by atoms with Crippen LogP contribution >= 0.6 is 11.3 Å². The molecule has 1 amide bonds. The van der Waals surface area contributed by atoms with Gasteiger partial charge in [-0.25, -0.2) is 9.18 Å². The van der Waals surface area contributed by atoms with Crippen LogP contribution in [0.15, 0.2) is 24.3 Å². The van der Waals surface area contributed by atoms with Gasteiger partial charge in [-0.3, -0.25) is 4.79 Å². The summed E-state index contributed by atoms with van der Waals surface area (Å²) in [5, 5.41) is 3.32. The smallest absolute Gasteiger partial charge is 0.341 e. The molecule has 1 aliphatic rings. The lowest BCUT2D eigenvalue weighted by Gasteiger charge is -2.20. The van der Waals surface area contributed by atoms with Gasteiger partial charge in [-0.1, -0.05) is 13.3 Å². The maximum atomic E-state index is 12.9. The van der Waals surface area contributed by atoms with Crippen molar-refractivity contribution in [3.63, 3.8) is 0 Å². The summed E-state index contributed by atoms with van der Waals surface area (Å²) in [6.07, 6.45) is 3.87. The highest BCUT2D eigenvalue weighted by molar-refractivity contribution is 7.17. The largest absolute Gasteiger partial charge is 0.484 e. The molecule has 0 bridgehead atoms. The van der Waals surface area contributed by atoms with Crippen molar-refractivity contribution in [1.82, 2.24) is 0 Å². The molecular formula is C21H24FNO4S. The average molecular weight is 405 g/mol. The van der Waals surface area contributed by atoms with Gasteiger partial charge < -0.3 is 14.8 Å².